The molecule has 3 rings (SSSR count). The Hall–Kier alpha value is -3.37. The number of benzene rings is 2. The first-order chi connectivity index (χ1) is 17.0. The smallest absolute Gasteiger partial charge is 0.268 e. The van der Waals surface area contributed by atoms with E-state index < -0.39 is 5.91 Å². The molecule has 0 radical (unpaired) electrons. The van der Waals surface area contributed by atoms with Crippen molar-refractivity contribution in [2.24, 2.45) is 0 Å². The number of anilines is 1. The van der Waals surface area contributed by atoms with Gasteiger partial charge < -0.3 is 18.9 Å². The van der Waals surface area contributed by atoms with Crippen LogP contribution in [-0.4, -0.2) is 43.5 Å². The number of nitrogens with zero attached hydrogens (tertiary/aromatic N) is 3. The molecule has 3 aromatic rings. The predicted molar refractivity (Wildman–Crippen MR) is 141 cm³/mol. The Bertz CT molecular complexity index is 1250. The monoisotopic (exact) mass is 606 g/mol. The van der Waals surface area contributed by atoms with E-state index in [1.54, 1.807) is 19.2 Å². The Kier molecular flexibility index (Phi) is 9.68. The second-order valence-corrected chi connectivity index (χ2v) is 9.08. The van der Waals surface area contributed by atoms with Crippen LogP contribution in [-0.2, 0) is 11.2 Å². The van der Waals surface area contributed by atoms with Crippen molar-refractivity contribution < 1.29 is 23.7 Å². The van der Waals surface area contributed by atoms with E-state index in [1.165, 1.54) is 24.5 Å². The molecule has 0 atom stereocenters. The first-order valence-corrected chi connectivity index (χ1v) is 12.4. The van der Waals surface area contributed by atoms with Crippen LogP contribution in [0.25, 0.3) is 6.08 Å². The summed E-state index contributed by atoms with van der Waals surface area (Å²) in [6.07, 6.45) is 2.20. The van der Waals surface area contributed by atoms with Crippen LogP contribution >= 0.6 is 33.9 Å². The molecule has 35 heavy (non-hydrogen) atoms. The van der Waals surface area contributed by atoms with Crippen molar-refractivity contribution in [2.75, 3.05) is 32.8 Å². The summed E-state index contributed by atoms with van der Waals surface area (Å²) in [7, 11) is 3.11. The molecule has 0 aliphatic heterocycles. The van der Waals surface area contributed by atoms with Gasteiger partial charge in [-0.15, -0.1) is 10.2 Å². The summed E-state index contributed by atoms with van der Waals surface area (Å²) in [6, 6.07) is 12.8. The topological polar surface area (TPSA) is 116 Å². The maximum atomic E-state index is 12.5. The van der Waals surface area contributed by atoms with Gasteiger partial charge in [0.1, 0.15) is 29.9 Å². The fourth-order valence-electron chi connectivity index (χ4n) is 2.92. The summed E-state index contributed by atoms with van der Waals surface area (Å²) < 4.78 is 23.2. The largest absolute Gasteiger partial charge is 0.493 e. The highest BCUT2D eigenvalue weighted by molar-refractivity contribution is 14.1. The number of rotatable bonds is 11. The molecule has 9 nitrogen and oxygen atoms in total. The molecule has 0 saturated heterocycles. The lowest BCUT2D eigenvalue weighted by atomic mass is 10.1. The fourth-order valence-corrected chi connectivity index (χ4v) is 4.38. The number of amides is 1. The van der Waals surface area contributed by atoms with Crippen LogP contribution in [0.1, 0.15) is 17.5 Å². The van der Waals surface area contributed by atoms with Crippen LogP contribution in [0.4, 0.5) is 5.13 Å². The van der Waals surface area contributed by atoms with Gasteiger partial charge in [-0.2, -0.15) is 5.26 Å². The molecule has 1 amide bonds. The highest BCUT2D eigenvalue weighted by Gasteiger charge is 2.15. The molecule has 0 unspecified atom stereocenters. The zero-order valence-corrected chi connectivity index (χ0v) is 22.3. The Morgan fingerprint density at radius 1 is 1.11 bits per heavy atom. The molecule has 0 spiro atoms. The number of para-hydroxylation sites is 2. The number of aryl methyl sites for hydroxylation is 1. The normalized spacial score (nSPS) is 10.9. The highest BCUT2D eigenvalue weighted by atomic mass is 127. The summed E-state index contributed by atoms with van der Waals surface area (Å²) in [4.78, 5) is 12.5. The number of carbonyl (C=O) groups excluding carboxylic acids is 1. The van der Waals surface area contributed by atoms with Crippen molar-refractivity contribution >= 4 is 51.0 Å². The number of carbonyl (C=O) groups is 1. The third-order valence-corrected chi connectivity index (χ3v) is 6.36. The van der Waals surface area contributed by atoms with Gasteiger partial charge >= 0.3 is 0 Å². The van der Waals surface area contributed by atoms with Gasteiger partial charge in [0.15, 0.2) is 23.0 Å². The number of methoxy groups -OCH3 is 2. The van der Waals surface area contributed by atoms with E-state index in [0.29, 0.717) is 46.7 Å². The van der Waals surface area contributed by atoms with Crippen molar-refractivity contribution in [1.29, 1.82) is 5.26 Å². The number of halogens is 1. The first kappa shape index (κ1) is 26.2. The van der Waals surface area contributed by atoms with Crippen LogP contribution in [0.15, 0.2) is 42.0 Å². The Morgan fingerprint density at radius 3 is 2.49 bits per heavy atom. The molecule has 0 fully saturated rings. The predicted octanol–water partition coefficient (Wildman–Crippen LogP) is 4.73. The molecule has 182 valence electrons. The zero-order chi connectivity index (χ0) is 25.2. The number of hydrogen-bond donors (Lipinski definition) is 1. The highest BCUT2D eigenvalue weighted by Crippen LogP contribution is 2.35. The molecule has 0 bridgehead atoms. The molecule has 1 aromatic heterocycles. The molecule has 1 heterocycles. The SMILES string of the molecule is CCc1nnc(NC(=O)C(C#N)=Cc2cc(I)c(OCCOc3ccccc3OC)c(OC)c2)s1. The van der Waals surface area contributed by atoms with Gasteiger partial charge in [0.25, 0.3) is 5.91 Å². The average Bonchev–Trinajstić information content (AvgIpc) is 3.33. The van der Waals surface area contributed by atoms with Crippen molar-refractivity contribution in [3.63, 3.8) is 0 Å². The molecular weight excluding hydrogens is 583 g/mol. The van der Waals surface area contributed by atoms with Gasteiger partial charge in [0.05, 0.1) is 17.8 Å². The van der Waals surface area contributed by atoms with Crippen LogP contribution < -0.4 is 24.3 Å². The number of nitrogens with one attached hydrogen (secondary N) is 1. The van der Waals surface area contributed by atoms with Gasteiger partial charge in [-0.1, -0.05) is 30.4 Å². The van der Waals surface area contributed by atoms with Crippen LogP contribution in [0.5, 0.6) is 23.0 Å². The van der Waals surface area contributed by atoms with Crippen LogP contribution in [0, 0.1) is 14.9 Å². The number of hydrogen-bond acceptors (Lipinski definition) is 9. The number of aromatic nitrogens is 2. The summed E-state index contributed by atoms with van der Waals surface area (Å²) in [5.74, 6) is 1.72. The van der Waals surface area contributed by atoms with Crippen molar-refractivity contribution in [3.8, 4) is 29.1 Å². The van der Waals surface area contributed by atoms with Crippen molar-refractivity contribution in [3.05, 3.63) is 56.1 Å². The van der Waals surface area contributed by atoms with Crippen LogP contribution in [0.2, 0.25) is 0 Å². The minimum atomic E-state index is -0.561. The van der Waals surface area contributed by atoms with E-state index in [1.807, 2.05) is 37.3 Å². The standard InChI is InChI=1S/C24H23IN4O5S/c1-4-21-28-29-24(35-21)27-23(30)16(14-26)11-15-12-17(25)22(20(13-15)32-3)34-10-9-33-19-8-6-5-7-18(19)31-2/h5-8,11-13H,4,9-10H2,1-3H3,(H,27,29,30). The summed E-state index contributed by atoms with van der Waals surface area (Å²) in [5.41, 5.74) is 0.539. The van der Waals surface area contributed by atoms with Gasteiger partial charge in [-0.25, -0.2) is 0 Å². The number of nitriles is 1. The lowest BCUT2D eigenvalue weighted by Crippen LogP contribution is -2.13. The second kappa shape index (κ2) is 12.9. The Labute approximate surface area is 220 Å². The third-order valence-electron chi connectivity index (χ3n) is 4.57. The van der Waals surface area contributed by atoms with E-state index in [9.17, 15) is 10.1 Å². The summed E-state index contributed by atoms with van der Waals surface area (Å²) in [5, 5.41) is 21.2. The number of ether oxygens (including phenoxy) is 4. The molecule has 2 aromatic carbocycles. The Balaban J connectivity index is 1.69. The van der Waals surface area contributed by atoms with Gasteiger partial charge in [0.2, 0.25) is 5.13 Å². The van der Waals surface area contributed by atoms with Crippen LogP contribution in [0.3, 0.4) is 0 Å². The minimum Gasteiger partial charge on any atom is -0.493 e. The molecule has 0 aliphatic rings. The molecule has 0 aliphatic carbocycles. The second-order valence-electron chi connectivity index (χ2n) is 6.86. The van der Waals surface area contributed by atoms with Gasteiger partial charge in [-0.3, -0.25) is 10.1 Å². The van der Waals surface area contributed by atoms with E-state index in [4.69, 9.17) is 18.9 Å². The lowest BCUT2D eigenvalue weighted by molar-refractivity contribution is -0.112. The van der Waals surface area contributed by atoms with E-state index >= 15 is 0 Å². The molecule has 0 saturated carbocycles. The quantitative estimate of drug-likeness (QED) is 0.144. The van der Waals surface area contributed by atoms with E-state index in [-0.39, 0.29) is 12.2 Å². The van der Waals surface area contributed by atoms with Crippen molar-refractivity contribution in [2.45, 2.75) is 13.3 Å². The molecular formula is C24H23IN4O5S. The van der Waals surface area contributed by atoms with Gasteiger partial charge in [0, 0.05) is 0 Å². The lowest BCUT2D eigenvalue weighted by Gasteiger charge is -2.15. The zero-order valence-electron chi connectivity index (χ0n) is 19.3. The van der Waals surface area contributed by atoms with Gasteiger partial charge in [-0.05, 0) is 64.9 Å². The molecule has 11 heteroatoms. The average molecular weight is 606 g/mol. The van der Waals surface area contributed by atoms with E-state index in [0.717, 1.165) is 8.58 Å². The Morgan fingerprint density at radius 2 is 1.83 bits per heavy atom. The molecule has 1 N–H and O–H groups in total. The van der Waals surface area contributed by atoms with Crippen molar-refractivity contribution in [1.82, 2.24) is 10.2 Å². The maximum Gasteiger partial charge on any atom is 0.268 e. The summed E-state index contributed by atoms with van der Waals surface area (Å²) in [6.45, 7) is 2.51. The third kappa shape index (κ3) is 7.06. The fraction of sp³-hybridized carbons (Fsp3) is 0.250. The maximum absolute atomic E-state index is 12.5. The first-order valence-electron chi connectivity index (χ1n) is 10.5. The minimum absolute atomic E-state index is 0.0741. The summed E-state index contributed by atoms with van der Waals surface area (Å²) >= 11 is 3.39. The van der Waals surface area contributed by atoms with E-state index in [2.05, 4.69) is 38.1 Å².